The Morgan fingerprint density at radius 2 is 1.54 bits per heavy atom. The van der Waals surface area contributed by atoms with Crippen LogP contribution in [0.25, 0.3) is 0 Å². The summed E-state index contributed by atoms with van der Waals surface area (Å²) in [6.07, 6.45) is 1.60. The minimum absolute atomic E-state index is 0.0603. The first-order valence-electron chi connectivity index (χ1n) is 9.07. The molecule has 0 radical (unpaired) electrons. The molecule has 0 aliphatic carbocycles. The van der Waals surface area contributed by atoms with Crippen LogP contribution in [0, 0.1) is 6.92 Å². The Bertz CT molecular complexity index is 892. The van der Waals surface area contributed by atoms with Gasteiger partial charge < -0.3 is 20.1 Å². The molecule has 1 heterocycles. The zero-order valence-corrected chi connectivity index (χ0v) is 15.9. The van der Waals surface area contributed by atoms with E-state index in [2.05, 4.69) is 15.6 Å². The third-order valence-corrected chi connectivity index (χ3v) is 3.88. The molecular weight excluding hydrogens is 354 g/mol. The second-order valence-corrected chi connectivity index (χ2v) is 6.16. The van der Waals surface area contributed by atoms with E-state index in [4.69, 9.17) is 9.47 Å². The molecule has 1 amide bonds. The molecular formula is C22H23N3O3. The lowest BCUT2D eigenvalue weighted by Gasteiger charge is -2.09. The summed E-state index contributed by atoms with van der Waals surface area (Å²) in [6, 6.07) is 18.8. The predicted molar refractivity (Wildman–Crippen MR) is 110 cm³/mol. The quantitative estimate of drug-likeness (QED) is 0.602. The molecule has 6 heteroatoms. The van der Waals surface area contributed by atoms with Gasteiger partial charge in [-0.05, 0) is 62.4 Å². The van der Waals surface area contributed by atoms with Gasteiger partial charge in [0.05, 0.1) is 18.5 Å². The number of pyridine rings is 1. The third kappa shape index (κ3) is 5.74. The molecule has 144 valence electrons. The molecule has 0 aliphatic rings. The number of amides is 1. The fourth-order valence-corrected chi connectivity index (χ4v) is 2.47. The molecule has 3 aromatic rings. The highest BCUT2D eigenvalue weighted by atomic mass is 16.5. The van der Waals surface area contributed by atoms with E-state index in [0.717, 1.165) is 17.0 Å². The maximum atomic E-state index is 12.0. The Morgan fingerprint density at radius 3 is 2.18 bits per heavy atom. The predicted octanol–water partition coefficient (Wildman–Crippen LogP) is 4.55. The van der Waals surface area contributed by atoms with Gasteiger partial charge in [-0.25, -0.2) is 4.98 Å². The number of hydrogen-bond acceptors (Lipinski definition) is 5. The lowest BCUT2D eigenvalue weighted by Crippen LogP contribution is -2.20. The van der Waals surface area contributed by atoms with E-state index in [9.17, 15) is 4.79 Å². The minimum Gasteiger partial charge on any atom is -0.494 e. The van der Waals surface area contributed by atoms with E-state index >= 15 is 0 Å². The molecule has 2 N–H and O–H groups in total. The smallest absolute Gasteiger partial charge is 0.262 e. The van der Waals surface area contributed by atoms with Crippen LogP contribution in [0.2, 0.25) is 0 Å². The van der Waals surface area contributed by atoms with Gasteiger partial charge in [-0.1, -0.05) is 17.7 Å². The van der Waals surface area contributed by atoms with Crippen LogP contribution in [-0.2, 0) is 4.79 Å². The highest BCUT2D eigenvalue weighted by Gasteiger charge is 2.05. The average Bonchev–Trinajstić information content (AvgIpc) is 2.71. The van der Waals surface area contributed by atoms with Crippen LogP contribution < -0.4 is 20.1 Å². The van der Waals surface area contributed by atoms with E-state index in [-0.39, 0.29) is 12.5 Å². The molecule has 0 saturated carbocycles. The van der Waals surface area contributed by atoms with Gasteiger partial charge in [0.2, 0.25) is 0 Å². The van der Waals surface area contributed by atoms with Crippen molar-refractivity contribution in [2.75, 3.05) is 23.8 Å². The summed E-state index contributed by atoms with van der Waals surface area (Å²) in [4.78, 5) is 16.3. The largest absolute Gasteiger partial charge is 0.494 e. The number of carbonyl (C=O) groups is 1. The van der Waals surface area contributed by atoms with Crippen LogP contribution in [0.1, 0.15) is 12.5 Å². The highest BCUT2D eigenvalue weighted by molar-refractivity contribution is 5.91. The molecule has 0 aliphatic heterocycles. The van der Waals surface area contributed by atoms with Crippen molar-refractivity contribution in [1.29, 1.82) is 0 Å². The Labute approximate surface area is 164 Å². The van der Waals surface area contributed by atoms with Crippen molar-refractivity contribution in [3.05, 3.63) is 72.4 Å². The van der Waals surface area contributed by atoms with E-state index in [0.29, 0.717) is 23.9 Å². The summed E-state index contributed by atoms with van der Waals surface area (Å²) in [6.45, 7) is 4.52. The number of aromatic nitrogens is 1. The number of hydrogen-bond donors (Lipinski definition) is 2. The Balaban J connectivity index is 1.49. The normalized spacial score (nSPS) is 10.2. The monoisotopic (exact) mass is 377 g/mol. The van der Waals surface area contributed by atoms with Gasteiger partial charge in [-0.2, -0.15) is 0 Å². The first-order valence-corrected chi connectivity index (χ1v) is 9.07. The van der Waals surface area contributed by atoms with Gasteiger partial charge in [-0.3, -0.25) is 4.79 Å². The molecule has 1 aromatic heterocycles. The SMILES string of the molecule is CCOc1ccc(Nc2ccc(NC(=O)COc3ccc(C)cc3)cn2)cc1. The summed E-state index contributed by atoms with van der Waals surface area (Å²) in [7, 11) is 0. The second-order valence-electron chi connectivity index (χ2n) is 6.16. The summed E-state index contributed by atoms with van der Waals surface area (Å²) in [5, 5.41) is 5.97. The highest BCUT2D eigenvalue weighted by Crippen LogP contribution is 2.20. The maximum absolute atomic E-state index is 12.0. The van der Waals surface area contributed by atoms with Crippen LogP contribution in [0.15, 0.2) is 66.9 Å². The first kappa shape index (κ1) is 19.2. The third-order valence-electron chi connectivity index (χ3n) is 3.88. The van der Waals surface area contributed by atoms with Crippen molar-refractivity contribution >= 4 is 23.1 Å². The fourth-order valence-electron chi connectivity index (χ4n) is 2.47. The van der Waals surface area contributed by atoms with Gasteiger partial charge in [-0.15, -0.1) is 0 Å². The molecule has 0 spiro atoms. The lowest BCUT2D eigenvalue weighted by atomic mass is 10.2. The molecule has 0 bridgehead atoms. The molecule has 0 unspecified atom stereocenters. The number of carbonyl (C=O) groups excluding carboxylic acids is 1. The van der Waals surface area contributed by atoms with E-state index in [1.807, 2.05) is 62.4 Å². The zero-order valence-electron chi connectivity index (χ0n) is 15.9. The van der Waals surface area contributed by atoms with Gasteiger partial charge in [0.1, 0.15) is 17.3 Å². The topological polar surface area (TPSA) is 72.5 Å². The van der Waals surface area contributed by atoms with Gasteiger partial charge in [0.25, 0.3) is 5.91 Å². The second kappa shape index (κ2) is 9.41. The molecule has 0 fully saturated rings. The number of benzene rings is 2. The van der Waals surface area contributed by atoms with Crippen molar-refractivity contribution in [3.8, 4) is 11.5 Å². The van der Waals surface area contributed by atoms with Gasteiger partial charge in [0, 0.05) is 5.69 Å². The van der Waals surface area contributed by atoms with Crippen LogP contribution in [-0.4, -0.2) is 24.1 Å². The molecule has 0 saturated heterocycles. The minimum atomic E-state index is -0.241. The van der Waals surface area contributed by atoms with Crippen LogP contribution in [0.3, 0.4) is 0 Å². The van der Waals surface area contributed by atoms with E-state index in [1.54, 1.807) is 18.3 Å². The Kier molecular flexibility index (Phi) is 6.46. The van der Waals surface area contributed by atoms with Crippen molar-refractivity contribution in [2.45, 2.75) is 13.8 Å². The lowest BCUT2D eigenvalue weighted by molar-refractivity contribution is -0.118. The number of ether oxygens (including phenoxy) is 2. The Morgan fingerprint density at radius 1 is 0.893 bits per heavy atom. The fraction of sp³-hybridized carbons (Fsp3) is 0.182. The summed E-state index contributed by atoms with van der Waals surface area (Å²) in [5.41, 5.74) is 2.65. The van der Waals surface area contributed by atoms with Crippen LogP contribution in [0.4, 0.5) is 17.2 Å². The van der Waals surface area contributed by atoms with Gasteiger partial charge in [0.15, 0.2) is 6.61 Å². The maximum Gasteiger partial charge on any atom is 0.262 e. The molecule has 3 rings (SSSR count). The van der Waals surface area contributed by atoms with Gasteiger partial charge >= 0.3 is 0 Å². The van der Waals surface area contributed by atoms with E-state index in [1.165, 1.54) is 0 Å². The Hall–Kier alpha value is -3.54. The van der Waals surface area contributed by atoms with Crippen LogP contribution in [0.5, 0.6) is 11.5 Å². The van der Waals surface area contributed by atoms with Crippen molar-refractivity contribution < 1.29 is 14.3 Å². The molecule has 2 aromatic carbocycles. The molecule has 6 nitrogen and oxygen atoms in total. The molecule has 0 atom stereocenters. The number of aryl methyl sites for hydroxylation is 1. The standard InChI is InChI=1S/C22H23N3O3/c1-3-27-19-11-6-17(7-12-19)24-21-13-8-18(14-23-21)25-22(26)15-28-20-9-4-16(2)5-10-20/h4-14H,3,15H2,1-2H3,(H,23,24)(H,25,26). The average molecular weight is 377 g/mol. The number of nitrogens with zero attached hydrogens (tertiary/aromatic N) is 1. The number of anilines is 3. The summed E-state index contributed by atoms with van der Waals surface area (Å²) in [5.74, 6) is 1.92. The number of nitrogens with one attached hydrogen (secondary N) is 2. The van der Waals surface area contributed by atoms with Crippen molar-refractivity contribution in [1.82, 2.24) is 4.98 Å². The van der Waals surface area contributed by atoms with Crippen molar-refractivity contribution in [3.63, 3.8) is 0 Å². The van der Waals surface area contributed by atoms with E-state index < -0.39 is 0 Å². The van der Waals surface area contributed by atoms with Crippen molar-refractivity contribution in [2.24, 2.45) is 0 Å². The summed E-state index contributed by atoms with van der Waals surface area (Å²) < 4.78 is 10.9. The number of rotatable bonds is 8. The molecule has 28 heavy (non-hydrogen) atoms. The summed E-state index contributed by atoms with van der Waals surface area (Å²) >= 11 is 0. The zero-order chi connectivity index (χ0) is 19.8. The van der Waals surface area contributed by atoms with Crippen LogP contribution >= 0.6 is 0 Å². The first-order chi connectivity index (χ1) is 13.6.